The highest BCUT2D eigenvalue weighted by Crippen LogP contribution is 2.48. The van der Waals surface area contributed by atoms with Crippen molar-refractivity contribution >= 4 is 60.2 Å². The lowest BCUT2D eigenvalue weighted by Gasteiger charge is -2.44. The smallest absolute Gasteiger partial charge is 0.199 e. The van der Waals surface area contributed by atoms with Crippen LogP contribution in [0.4, 0.5) is 22.7 Å². The number of halogens is 2. The second kappa shape index (κ2) is 19.8. The fourth-order valence-electron chi connectivity index (χ4n) is 9.92. The predicted octanol–water partition coefficient (Wildman–Crippen LogP) is 15.7. The average molecular weight is 908 g/mol. The summed E-state index contributed by atoms with van der Waals surface area (Å²) in [6, 6.07) is 27.6. The van der Waals surface area contributed by atoms with Crippen molar-refractivity contribution < 1.29 is 0 Å². The third-order valence-corrected chi connectivity index (χ3v) is 27.5. The van der Waals surface area contributed by atoms with E-state index in [2.05, 4.69) is 228 Å². The van der Waals surface area contributed by atoms with E-state index in [0.29, 0.717) is 47.3 Å². The molecule has 2 unspecified atom stereocenters. The number of nitrogens with zero attached hydrogens (tertiary/aromatic N) is 4. The molecule has 0 amide bonds. The van der Waals surface area contributed by atoms with Crippen molar-refractivity contribution in [3.8, 4) is 0 Å². The Morgan fingerprint density at radius 3 is 0.581 bits per heavy atom. The summed E-state index contributed by atoms with van der Waals surface area (Å²) in [7, 11) is -5.02. The molecule has 2 atom stereocenters. The molecule has 0 bridgehead atoms. The maximum atomic E-state index is 8.61. The first-order valence-electron chi connectivity index (χ1n) is 23.6. The summed E-state index contributed by atoms with van der Waals surface area (Å²) in [5, 5.41) is 0. The van der Waals surface area contributed by atoms with Crippen LogP contribution in [0.15, 0.2) is 97.6 Å². The van der Waals surface area contributed by atoms with E-state index in [-0.39, 0.29) is 11.6 Å². The van der Waals surface area contributed by atoms with E-state index in [1.165, 1.54) is 67.3 Å². The average Bonchev–Trinajstić information content (AvgIpc) is 3.86. The third kappa shape index (κ3) is 9.10. The van der Waals surface area contributed by atoms with E-state index in [0.717, 1.165) is 0 Å². The molecular weight excluding hydrogens is 832 g/mol. The summed E-state index contributed by atoms with van der Waals surface area (Å²) in [4.78, 5) is 10.3. The Morgan fingerprint density at radius 1 is 0.306 bits per heavy atom. The van der Waals surface area contributed by atoms with Crippen molar-refractivity contribution in [3.05, 3.63) is 142 Å². The Hall–Kier alpha value is -3.43. The van der Waals surface area contributed by atoms with Gasteiger partial charge in [-0.1, -0.05) is 184 Å². The lowest BCUT2D eigenvalue weighted by molar-refractivity contribution is 0.777. The van der Waals surface area contributed by atoms with Gasteiger partial charge < -0.3 is 19.6 Å². The van der Waals surface area contributed by atoms with Gasteiger partial charge in [0.25, 0.3) is 0 Å². The third-order valence-electron chi connectivity index (χ3n) is 13.2. The van der Waals surface area contributed by atoms with E-state index in [1.807, 2.05) is 0 Å². The van der Waals surface area contributed by atoms with E-state index in [1.54, 1.807) is 0 Å². The Balaban J connectivity index is 1.66. The van der Waals surface area contributed by atoms with Crippen LogP contribution >= 0.6 is 22.2 Å². The summed E-state index contributed by atoms with van der Waals surface area (Å²) in [6.45, 7) is 37.2. The summed E-state index contributed by atoms with van der Waals surface area (Å²) in [5.74, 6) is 2.35. The minimum atomic E-state index is -2.51. The summed E-state index contributed by atoms with van der Waals surface area (Å²) in [5.41, 5.74) is 16.0. The molecule has 0 spiro atoms. The normalized spacial score (nSPS) is 16.2. The fourth-order valence-corrected chi connectivity index (χ4v) is 20.8. The molecule has 0 saturated carbocycles. The van der Waals surface area contributed by atoms with Crippen LogP contribution in [-0.4, -0.2) is 26.8 Å². The van der Waals surface area contributed by atoms with Crippen molar-refractivity contribution in [2.45, 2.75) is 170 Å². The van der Waals surface area contributed by atoms with E-state index in [4.69, 9.17) is 22.2 Å². The molecule has 4 nitrogen and oxygen atoms in total. The lowest BCUT2D eigenvalue weighted by atomic mass is 9.91. The molecule has 62 heavy (non-hydrogen) atoms. The molecular formula is C54H76Cl2N4Si2. The number of benzene rings is 4. The largest absolute Gasteiger partial charge is 0.327 e. The summed E-state index contributed by atoms with van der Waals surface area (Å²) < 4.78 is 0. The van der Waals surface area contributed by atoms with E-state index in [9.17, 15) is 0 Å². The number of anilines is 4. The highest BCUT2D eigenvalue weighted by molar-refractivity contribution is 7.57. The van der Waals surface area contributed by atoms with Crippen LogP contribution < -0.4 is 19.6 Å². The summed E-state index contributed by atoms with van der Waals surface area (Å²) in [6.07, 6.45) is 9.38. The molecule has 0 saturated heterocycles. The monoisotopic (exact) mass is 906 g/mol. The Kier molecular flexibility index (Phi) is 15.3. The van der Waals surface area contributed by atoms with Crippen LogP contribution in [-0.2, 0) is 0 Å². The Labute approximate surface area is 389 Å². The molecule has 2 aliphatic heterocycles. The predicted molar refractivity (Wildman–Crippen MR) is 280 cm³/mol. The number of rotatable bonds is 15. The maximum absolute atomic E-state index is 8.61. The topological polar surface area (TPSA) is 13.0 Å². The van der Waals surface area contributed by atoms with Crippen LogP contribution in [0.2, 0.25) is 0 Å². The molecule has 0 aromatic heterocycles. The van der Waals surface area contributed by atoms with E-state index < -0.39 is 15.2 Å². The van der Waals surface area contributed by atoms with Gasteiger partial charge in [0.2, 0.25) is 0 Å². The van der Waals surface area contributed by atoms with Crippen LogP contribution in [0.5, 0.6) is 0 Å². The second-order valence-corrected chi connectivity index (χ2v) is 33.2. The first-order chi connectivity index (χ1) is 29.3. The number of hydrogen-bond acceptors (Lipinski definition) is 4. The fraction of sp³-hybridized carbons (Fsp3) is 0.481. The van der Waals surface area contributed by atoms with Gasteiger partial charge in [-0.3, -0.25) is 0 Å². The number of para-hydroxylation sites is 4. The van der Waals surface area contributed by atoms with Gasteiger partial charge in [0.05, 0.1) is 0 Å². The SMILES string of the molecule is CC(C)c1cccc(C(C)C)c1N1C=CN(c2c(C(C)C)cccc2C(C)C)C1[SiH](Cl)[SiH](Cl)C1N(c2c(C(C)C)cccc2C(C)C)C=CN1c1c(C(C)C)cccc1C(C)C. The van der Waals surface area contributed by atoms with E-state index >= 15 is 0 Å². The standard InChI is InChI=1S/C54H76Cl2N4Si2/c1-33(2)41-21-17-22-42(34(3)4)49(41)57-29-30-58(50-43(35(5)6)23-18-24-44(50)36(7)8)53(57)61(55)62(56)54-59(51-45(37(9)10)25-19-26-46(51)38(11)12)31-32-60(54)52-47(39(13)14)27-20-28-48(52)40(15)16/h17-40,53-54,61-62H,1-16H3. The van der Waals surface area contributed by atoms with Crippen molar-refractivity contribution in [1.29, 1.82) is 0 Å². The van der Waals surface area contributed by atoms with Crippen molar-refractivity contribution in [3.63, 3.8) is 0 Å². The minimum Gasteiger partial charge on any atom is -0.327 e. The molecule has 2 heterocycles. The molecule has 4 aromatic carbocycles. The van der Waals surface area contributed by atoms with Gasteiger partial charge in [0, 0.05) is 47.5 Å². The molecule has 0 aliphatic carbocycles. The van der Waals surface area contributed by atoms with Crippen molar-refractivity contribution in [2.24, 2.45) is 0 Å². The molecule has 0 fully saturated rings. The maximum Gasteiger partial charge on any atom is 0.199 e. The van der Waals surface area contributed by atoms with Gasteiger partial charge in [-0.05, 0) is 91.9 Å². The van der Waals surface area contributed by atoms with Crippen LogP contribution in [0, 0.1) is 0 Å². The highest BCUT2D eigenvalue weighted by atomic mass is 35.6. The lowest BCUT2D eigenvalue weighted by Crippen LogP contribution is -2.62. The summed E-state index contributed by atoms with van der Waals surface area (Å²) >= 11 is 17.2. The Bertz CT molecular complexity index is 1830. The zero-order chi connectivity index (χ0) is 45.5. The van der Waals surface area contributed by atoms with Gasteiger partial charge in [-0.2, -0.15) is 22.2 Å². The Morgan fingerprint density at radius 2 is 0.452 bits per heavy atom. The van der Waals surface area contributed by atoms with Gasteiger partial charge in [-0.25, -0.2) is 0 Å². The molecule has 2 aliphatic rings. The zero-order valence-electron chi connectivity index (χ0n) is 40.7. The first-order valence-corrected chi connectivity index (χ1v) is 31.1. The molecule has 6 rings (SSSR count). The van der Waals surface area contributed by atoms with Crippen LogP contribution in [0.25, 0.3) is 0 Å². The second-order valence-electron chi connectivity index (χ2n) is 20.3. The molecule has 334 valence electrons. The van der Waals surface area contributed by atoms with Crippen LogP contribution in [0.1, 0.15) is 203 Å². The zero-order valence-corrected chi connectivity index (χ0v) is 44.5. The van der Waals surface area contributed by atoms with Gasteiger partial charge in [0.1, 0.15) is 11.6 Å². The first kappa shape index (κ1) is 48.0. The quantitative estimate of drug-likeness (QED) is 0.0870. The molecule has 0 N–H and O–H groups in total. The van der Waals surface area contributed by atoms with Crippen LogP contribution in [0.3, 0.4) is 0 Å². The van der Waals surface area contributed by atoms with Gasteiger partial charge >= 0.3 is 0 Å². The van der Waals surface area contributed by atoms with Crippen molar-refractivity contribution in [1.82, 2.24) is 0 Å². The minimum absolute atomic E-state index is 0.139. The van der Waals surface area contributed by atoms with Gasteiger partial charge in [-0.15, -0.1) is 0 Å². The van der Waals surface area contributed by atoms with Crippen molar-refractivity contribution in [2.75, 3.05) is 19.6 Å². The molecule has 0 radical (unpaired) electrons. The molecule has 8 heteroatoms. The molecule has 4 aromatic rings. The number of hydrogen-bond donors (Lipinski definition) is 0. The van der Waals surface area contributed by atoms with Gasteiger partial charge in [0.15, 0.2) is 15.2 Å². The highest BCUT2D eigenvalue weighted by Gasteiger charge is 2.50.